The summed E-state index contributed by atoms with van der Waals surface area (Å²) in [7, 11) is 0. The predicted octanol–water partition coefficient (Wildman–Crippen LogP) is 10.6. The molecule has 0 amide bonds. The average molecular weight is 989 g/mol. The Balaban J connectivity index is 0.00000490. The van der Waals surface area contributed by atoms with Gasteiger partial charge in [-0.1, -0.05) is 181 Å². The van der Waals surface area contributed by atoms with Gasteiger partial charge in [-0.15, -0.1) is 0 Å². The predicted molar refractivity (Wildman–Crippen MR) is 248 cm³/mol. The SMILES string of the molecule is CC(C)(C)c1ccnc(-c2[c-]n(B(c3ccccc3)[n+]3[c-]n(-c4cc(-c5ccccc5-c5ccccc5)ccc4O)c4cc(C(C)(C)C)ccc43)c3nc4ccccc4n23)c1.[Pt+2]. The summed E-state index contributed by atoms with van der Waals surface area (Å²) < 4.78 is 8.49. The van der Waals surface area contributed by atoms with Crippen molar-refractivity contribution in [1.82, 2.24) is 23.4 Å². The summed E-state index contributed by atoms with van der Waals surface area (Å²) in [6, 6.07) is 54.3. The van der Waals surface area contributed by atoms with Gasteiger partial charge in [0.05, 0.1) is 22.2 Å². The minimum atomic E-state index is -0.492. The minimum Gasteiger partial charge on any atom is -0.513 e. The number of pyridine rings is 1. The maximum absolute atomic E-state index is 11.8. The van der Waals surface area contributed by atoms with Gasteiger partial charge in [0.1, 0.15) is 11.5 Å². The number of para-hydroxylation sites is 2. The van der Waals surface area contributed by atoms with Gasteiger partial charge in [0.2, 0.25) is 6.33 Å². The van der Waals surface area contributed by atoms with E-state index in [2.05, 4.69) is 189 Å². The van der Waals surface area contributed by atoms with Gasteiger partial charge in [0, 0.05) is 11.7 Å². The van der Waals surface area contributed by atoms with Crippen molar-refractivity contribution in [3.8, 4) is 45.1 Å². The molecule has 62 heavy (non-hydrogen) atoms. The van der Waals surface area contributed by atoms with Crippen LogP contribution >= 0.6 is 0 Å². The fourth-order valence-corrected chi connectivity index (χ4v) is 8.45. The van der Waals surface area contributed by atoms with Gasteiger partial charge in [-0.25, -0.2) is 0 Å². The smallest absolute Gasteiger partial charge is 0.513 e. The van der Waals surface area contributed by atoms with E-state index in [1.807, 2.05) is 41.1 Å². The zero-order valence-corrected chi connectivity index (χ0v) is 37.9. The monoisotopic (exact) mass is 988 g/mol. The third-order valence-corrected chi connectivity index (χ3v) is 11.8. The first-order chi connectivity index (χ1) is 29.4. The van der Waals surface area contributed by atoms with Crippen LogP contribution in [0.3, 0.4) is 0 Å². The van der Waals surface area contributed by atoms with E-state index in [4.69, 9.17) is 9.97 Å². The molecule has 1 N–H and O–H groups in total. The van der Waals surface area contributed by atoms with Crippen molar-refractivity contribution >= 4 is 40.3 Å². The van der Waals surface area contributed by atoms with Crippen LogP contribution in [0.1, 0.15) is 52.7 Å². The van der Waals surface area contributed by atoms with Crippen molar-refractivity contribution < 1.29 is 30.6 Å². The number of hydrogen-bond donors (Lipinski definition) is 1. The van der Waals surface area contributed by atoms with E-state index in [-0.39, 0.29) is 37.6 Å². The Labute approximate surface area is 377 Å². The molecule has 0 spiro atoms. The molecule has 0 saturated heterocycles. The molecule has 0 aliphatic rings. The second kappa shape index (κ2) is 15.8. The molecule has 0 radical (unpaired) electrons. The molecule has 9 heteroatoms. The van der Waals surface area contributed by atoms with Crippen LogP contribution in [0.4, 0.5) is 0 Å². The molecule has 0 saturated carbocycles. The Hall–Kier alpha value is -6.50. The second-order valence-electron chi connectivity index (χ2n) is 17.9. The van der Waals surface area contributed by atoms with E-state index in [9.17, 15) is 5.11 Å². The van der Waals surface area contributed by atoms with Crippen LogP contribution in [-0.2, 0) is 31.9 Å². The number of aromatic hydroxyl groups is 1. The zero-order chi connectivity index (χ0) is 42.0. The zero-order valence-electron chi connectivity index (χ0n) is 35.6. The van der Waals surface area contributed by atoms with Crippen molar-refractivity contribution in [1.29, 1.82) is 0 Å². The Morgan fingerprint density at radius 3 is 2.00 bits per heavy atom. The summed E-state index contributed by atoms with van der Waals surface area (Å²) in [5.74, 6) is 0.878. The number of aromatic nitrogens is 6. The van der Waals surface area contributed by atoms with Gasteiger partial charge in [-0.3, -0.25) is 4.98 Å². The first kappa shape index (κ1) is 40.9. The molecule has 7 nitrogen and oxygen atoms in total. The van der Waals surface area contributed by atoms with Crippen molar-refractivity contribution in [2.75, 3.05) is 0 Å². The van der Waals surface area contributed by atoms with Gasteiger partial charge in [-0.05, 0) is 85.8 Å². The largest absolute Gasteiger partial charge is 2.00 e. The van der Waals surface area contributed by atoms with Gasteiger partial charge in [0.15, 0.2) is 0 Å². The van der Waals surface area contributed by atoms with Crippen LogP contribution in [0.25, 0.3) is 67.2 Å². The fourth-order valence-electron chi connectivity index (χ4n) is 8.45. The Morgan fingerprint density at radius 2 is 1.27 bits per heavy atom. The molecule has 0 unspecified atom stereocenters. The van der Waals surface area contributed by atoms with Crippen LogP contribution in [0.15, 0.2) is 164 Å². The minimum absolute atomic E-state index is 0. The molecule has 4 heterocycles. The summed E-state index contributed by atoms with van der Waals surface area (Å²) in [5, 5.41) is 11.8. The standard InChI is InChI=1S/C53H46BN6O.Pt/c1-52(2,3)38-26-27-46-47(33-38)57(48-31-37(25-28-50(48)61)42-22-14-13-21-41(42)36-17-9-7-10-18-36)35-59(46)54(40-19-11-8-12-20-40)58-34-49(44-32-39(29-30-55-44)53(4,5)6)60-45-24-16-15-23-43(45)56-51(58)60;/h7-33,61H,1-6H3;/q-1;+2. The van der Waals surface area contributed by atoms with E-state index in [1.54, 1.807) is 6.07 Å². The average Bonchev–Trinajstić information content (AvgIpc) is 3.95. The summed E-state index contributed by atoms with van der Waals surface area (Å²) in [6.45, 7) is 12.8. The Kier molecular flexibility index (Phi) is 10.4. The third-order valence-electron chi connectivity index (χ3n) is 11.8. The Morgan fingerprint density at radius 1 is 0.629 bits per heavy atom. The maximum atomic E-state index is 11.8. The number of hydrogen-bond acceptors (Lipinski definition) is 3. The Bertz CT molecular complexity index is 3250. The quantitative estimate of drug-likeness (QED) is 0.128. The molecular weight excluding hydrogens is 943 g/mol. The fraction of sp³-hybridized carbons (Fsp3) is 0.151. The third kappa shape index (κ3) is 7.16. The summed E-state index contributed by atoms with van der Waals surface area (Å²) in [5.41, 5.74) is 13.4. The molecular formula is C53H46BN6OPt+. The van der Waals surface area contributed by atoms with Crippen molar-refractivity contribution in [3.05, 3.63) is 188 Å². The van der Waals surface area contributed by atoms with Crippen molar-refractivity contribution in [2.45, 2.75) is 52.4 Å². The molecule has 10 rings (SSSR count). The van der Waals surface area contributed by atoms with E-state index >= 15 is 0 Å². The molecule has 4 aromatic heterocycles. The van der Waals surface area contributed by atoms with Crippen LogP contribution < -0.4 is 9.94 Å². The van der Waals surface area contributed by atoms with E-state index < -0.39 is 6.98 Å². The summed E-state index contributed by atoms with van der Waals surface area (Å²) in [6.07, 6.45) is 9.52. The molecule has 6 aromatic carbocycles. The normalized spacial score (nSPS) is 12.0. The molecule has 0 aliphatic carbocycles. The molecule has 10 aromatic rings. The number of rotatable bonds is 7. The number of benzene rings is 6. The topological polar surface area (TPSA) is 64.2 Å². The van der Waals surface area contributed by atoms with Crippen LogP contribution in [0.2, 0.25) is 0 Å². The van der Waals surface area contributed by atoms with Crippen molar-refractivity contribution in [2.24, 2.45) is 0 Å². The number of phenols is 1. The summed E-state index contributed by atoms with van der Waals surface area (Å²) >= 11 is 0. The number of nitrogens with zero attached hydrogens (tertiary/aromatic N) is 6. The maximum Gasteiger partial charge on any atom is 2.00 e. The first-order valence-corrected chi connectivity index (χ1v) is 20.8. The number of phenolic OH excluding ortho intramolecular Hbond substituents is 1. The van der Waals surface area contributed by atoms with Crippen LogP contribution in [-0.4, -0.2) is 35.5 Å². The summed E-state index contributed by atoms with van der Waals surface area (Å²) in [4.78, 5) is 10.2. The van der Waals surface area contributed by atoms with Gasteiger partial charge < -0.3 is 28.0 Å². The molecule has 0 fully saturated rings. The first-order valence-electron chi connectivity index (χ1n) is 20.8. The van der Waals surface area contributed by atoms with Crippen LogP contribution in [0.5, 0.6) is 5.75 Å². The van der Waals surface area contributed by atoms with E-state index in [1.165, 1.54) is 11.1 Å². The molecule has 0 atom stereocenters. The van der Waals surface area contributed by atoms with Gasteiger partial charge >= 0.3 is 28.0 Å². The molecule has 0 aliphatic heterocycles. The van der Waals surface area contributed by atoms with Gasteiger partial charge in [-0.2, -0.15) is 0 Å². The molecule has 0 bridgehead atoms. The van der Waals surface area contributed by atoms with E-state index in [0.717, 1.165) is 66.9 Å². The van der Waals surface area contributed by atoms with E-state index in [0.29, 0.717) is 5.69 Å². The van der Waals surface area contributed by atoms with Gasteiger partial charge in [0.25, 0.3) is 0 Å². The number of fused-ring (bicyclic) bond motifs is 4. The molecule has 306 valence electrons. The van der Waals surface area contributed by atoms with Crippen LogP contribution in [0, 0.1) is 12.5 Å². The number of imidazole rings is 3. The second-order valence-corrected chi connectivity index (χ2v) is 17.9. The van der Waals surface area contributed by atoms with Crippen molar-refractivity contribution in [3.63, 3.8) is 0 Å².